The summed E-state index contributed by atoms with van der Waals surface area (Å²) in [6.45, 7) is 1.70. The lowest BCUT2D eigenvalue weighted by Gasteiger charge is -2.03. The minimum absolute atomic E-state index is 0.399. The fourth-order valence-corrected chi connectivity index (χ4v) is 1.37. The molecule has 2 aromatic rings. The molecule has 0 aliphatic rings. The lowest BCUT2D eigenvalue weighted by Crippen LogP contribution is -2.14. The van der Waals surface area contributed by atoms with Crippen molar-refractivity contribution in [3.63, 3.8) is 0 Å². The first-order valence-corrected chi connectivity index (χ1v) is 4.13. The van der Waals surface area contributed by atoms with Crippen LogP contribution in [0, 0.1) is 13.0 Å². The minimum atomic E-state index is -0.496. The predicted octanol–water partition coefficient (Wildman–Crippen LogP) is 0.837. The number of nitrogens with zero attached hydrogens (tertiary/aromatic N) is 2. The van der Waals surface area contributed by atoms with Gasteiger partial charge in [-0.3, -0.25) is 4.79 Å². The number of aromatic nitrogens is 2. The van der Waals surface area contributed by atoms with E-state index in [1.165, 1.54) is 0 Å². The molecule has 69 valence electrons. The molecule has 14 heavy (non-hydrogen) atoms. The van der Waals surface area contributed by atoms with Crippen molar-refractivity contribution >= 4 is 16.8 Å². The topological polar surface area (TPSA) is 68.9 Å². The van der Waals surface area contributed by atoms with Crippen LogP contribution in [0.4, 0.5) is 0 Å². The van der Waals surface area contributed by atoms with E-state index >= 15 is 0 Å². The van der Waals surface area contributed by atoms with E-state index < -0.39 is 5.91 Å². The van der Waals surface area contributed by atoms with E-state index in [1.54, 1.807) is 25.1 Å². The molecule has 1 radical (unpaired) electrons. The van der Waals surface area contributed by atoms with Crippen molar-refractivity contribution in [1.82, 2.24) is 10.2 Å². The number of rotatable bonds is 1. The molecule has 0 fully saturated rings. The second-order valence-electron chi connectivity index (χ2n) is 2.96. The molecule has 1 aromatic heterocycles. The Bertz CT molecular complexity index is 508. The van der Waals surface area contributed by atoms with Crippen LogP contribution in [-0.4, -0.2) is 16.1 Å². The summed E-state index contributed by atoms with van der Waals surface area (Å²) in [5, 5.41) is 8.42. The predicted molar refractivity (Wildman–Crippen MR) is 51.6 cm³/mol. The molecule has 2 N–H and O–H groups in total. The molecular weight excluding hydrogens is 178 g/mol. The average Bonchev–Trinajstić information content (AvgIpc) is 2.17. The van der Waals surface area contributed by atoms with Gasteiger partial charge in [-0.05, 0) is 19.1 Å². The Balaban J connectivity index is 2.90. The monoisotopic (exact) mass is 186 g/mol. The molecule has 2 rings (SSSR count). The highest BCUT2D eigenvalue weighted by molar-refractivity contribution is 6.05. The number of nitrogens with two attached hydrogens (primary N) is 1. The van der Waals surface area contributed by atoms with Crippen LogP contribution in [0.3, 0.4) is 0 Å². The van der Waals surface area contributed by atoms with Crippen molar-refractivity contribution in [3.8, 4) is 0 Å². The van der Waals surface area contributed by atoms with E-state index in [1.807, 2.05) is 0 Å². The van der Waals surface area contributed by atoms with Crippen molar-refractivity contribution in [3.05, 3.63) is 35.5 Å². The van der Waals surface area contributed by atoms with E-state index in [4.69, 9.17) is 5.73 Å². The molecule has 0 spiro atoms. The number of fused-ring (bicyclic) bond motifs is 1. The summed E-state index contributed by atoms with van der Waals surface area (Å²) in [5.41, 5.74) is 6.82. The fraction of sp³-hybridized carbons (Fsp3) is 0.100. The normalized spacial score (nSPS) is 10.4. The maximum Gasteiger partial charge on any atom is 0.251 e. The van der Waals surface area contributed by atoms with Gasteiger partial charge in [0.2, 0.25) is 0 Å². The summed E-state index contributed by atoms with van der Waals surface area (Å²) in [4.78, 5) is 11.2. The molecule has 0 aliphatic carbocycles. The third kappa shape index (κ3) is 1.21. The standard InChI is InChI=1S/C10H8N3O/c1-6-9(10(11)14)7-4-2-3-5-8(7)13-12-6/h2-3,5H,1H3,(H2,11,14). The minimum Gasteiger partial charge on any atom is -0.366 e. The van der Waals surface area contributed by atoms with Crippen molar-refractivity contribution in [2.45, 2.75) is 6.92 Å². The van der Waals surface area contributed by atoms with Crippen LogP contribution >= 0.6 is 0 Å². The van der Waals surface area contributed by atoms with Crippen LogP contribution in [-0.2, 0) is 0 Å². The van der Waals surface area contributed by atoms with Crippen LogP contribution in [0.2, 0.25) is 0 Å². The molecule has 4 nitrogen and oxygen atoms in total. The van der Waals surface area contributed by atoms with E-state index in [9.17, 15) is 4.79 Å². The smallest absolute Gasteiger partial charge is 0.251 e. The van der Waals surface area contributed by atoms with Gasteiger partial charge in [0.1, 0.15) is 0 Å². The zero-order valence-electron chi connectivity index (χ0n) is 7.61. The maximum absolute atomic E-state index is 11.2. The molecule has 1 aromatic carbocycles. The molecule has 0 atom stereocenters. The van der Waals surface area contributed by atoms with Gasteiger partial charge in [0.15, 0.2) is 0 Å². The summed E-state index contributed by atoms with van der Waals surface area (Å²) in [6.07, 6.45) is 0. The number of primary amides is 1. The van der Waals surface area contributed by atoms with Crippen molar-refractivity contribution in [2.24, 2.45) is 5.73 Å². The van der Waals surface area contributed by atoms with E-state index in [0.717, 1.165) is 0 Å². The van der Waals surface area contributed by atoms with Crippen LogP contribution < -0.4 is 5.73 Å². The fourth-order valence-electron chi connectivity index (χ4n) is 1.37. The molecule has 0 saturated carbocycles. The largest absolute Gasteiger partial charge is 0.366 e. The van der Waals surface area contributed by atoms with E-state index in [0.29, 0.717) is 22.2 Å². The van der Waals surface area contributed by atoms with Crippen LogP contribution in [0.25, 0.3) is 10.9 Å². The van der Waals surface area contributed by atoms with Gasteiger partial charge in [-0.2, -0.15) is 10.2 Å². The van der Waals surface area contributed by atoms with Crippen molar-refractivity contribution in [2.75, 3.05) is 0 Å². The highest BCUT2D eigenvalue weighted by Gasteiger charge is 2.11. The van der Waals surface area contributed by atoms with Gasteiger partial charge < -0.3 is 5.73 Å². The van der Waals surface area contributed by atoms with Crippen molar-refractivity contribution in [1.29, 1.82) is 0 Å². The second kappa shape index (κ2) is 3.06. The zero-order valence-corrected chi connectivity index (χ0v) is 7.61. The first-order chi connectivity index (χ1) is 6.70. The molecule has 1 amide bonds. The molecule has 0 bridgehead atoms. The molecule has 4 heteroatoms. The van der Waals surface area contributed by atoms with Gasteiger partial charge in [-0.25, -0.2) is 0 Å². The molecule has 0 unspecified atom stereocenters. The second-order valence-corrected chi connectivity index (χ2v) is 2.96. The zero-order chi connectivity index (χ0) is 10.1. The van der Waals surface area contributed by atoms with Gasteiger partial charge >= 0.3 is 0 Å². The van der Waals surface area contributed by atoms with Gasteiger partial charge in [0, 0.05) is 5.39 Å². The third-order valence-electron chi connectivity index (χ3n) is 2.00. The Kier molecular flexibility index (Phi) is 1.89. The summed E-state index contributed by atoms with van der Waals surface area (Å²) in [7, 11) is 0. The number of hydrogen-bond acceptors (Lipinski definition) is 3. The number of carbonyl (C=O) groups is 1. The highest BCUT2D eigenvalue weighted by Crippen LogP contribution is 2.16. The van der Waals surface area contributed by atoms with Gasteiger partial charge in [0.25, 0.3) is 5.91 Å². The summed E-state index contributed by atoms with van der Waals surface area (Å²) in [6, 6.07) is 8.21. The van der Waals surface area contributed by atoms with E-state index in [2.05, 4.69) is 16.3 Å². The highest BCUT2D eigenvalue weighted by atomic mass is 16.1. The Morgan fingerprint density at radius 3 is 3.00 bits per heavy atom. The molecule has 1 heterocycles. The number of amides is 1. The summed E-state index contributed by atoms with van der Waals surface area (Å²) in [5.74, 6) is -0.496. The Morgan fingerprint density at radius 2 is 2.29 bits per heavy atom. The number of aryl methyl sites for hydroxylation is 1. The van der Waals surface area contributed by atoms with E-state index in [-0.39, 0.29) is 0 Å². The average molecular weight is 186 g/mol. The van der Waals surface area contributed by atoms with Crippen molar-refractivity contribution < 1.29 is 4.79 Å². The Morgan fingerprint density at radius 1 is 1.50 bits per heavy atom. The number of carbonyl (C=O) groups excluding carboxylic acids is 1. The molecule has 0 aliphatic heterocycles. The summed E-state index contributed by atoms with van der Waals surface area (Å²) >= 11 is 0. The number of hydrogen-bond donors (Lipinski definition) is 1. The SMILES string of the molecule is Cc1nnc2ccc[c]c2c1C(N)=O. The molecule has 0 saturated heterocycles. The lowest BCUT2D eigenvalue weighted by molar-refractivity contribution is 0.100. The Hall–Kier alpha value is -1.97. The molecular formula is C10H8N3O. The third-order valence-corrected chi connectivity index (χ3v) is 2.00. The Labute approximate surface area is 80.8 Å². The first-order valence-electron chi connectivity index (χ1n) is 4.13. The van der Waals surface area contributed by atoms with Crippen LogP contribution in [0.1, 0.15) is 16.1 Å². The maximum atomic E-state index is 11.2. The quantitative estimate of drug-likeness (QED) is 0.717. The van der Waals surface area contributed by atoms with Gasteiger partial charge in [-0.15, -0.1) is 0 Å². The lowest BCUT2D eigenvalue weighted by atomic mass is 10.1. The van der Waals surface area contributed by atoms with Crippen LogP contribution in [0.5, 0.6) is 0 Å². The van der Waals surface area contributed by atoms with Gasteiger partial charge in [-0.1, -0.05) is 12.1 Å². The van der Waals surface area contributed by atoms with Gasteiger partial charge in [0.05, 0.1) is 16.8 Å². The first kappa shape index (κ1) is 8.62. The summed E-state index contributed by atoms with van der Waals surface area (Å²) < 4.78 is 0. The van der Waals surface area contributed by atoms with Crippen LogP contribution in [0.15, 0.2) is 18.2 Å². The number of benzene rings is 1.